The number of nitrogens with zero attached hydrogens (tertiary/aromatic N) is 2. The van der Waals surface area contributed by atoms with Crippen LogP contribution in [0.3, 0.4) is 0 Å². The standard InChI is InChI=1S/C12H25N3OS/c1-4-15-5-6-16-11(9-15)8-14(3)7-10(2)12(13)17/h10-11H,4-9H2,1-3H3,(H2,13,17). The van der Waals surface area contributed by atoms with Crippen molar-refractivity contribution in [2.75, 3.05) is 46.4 Å². The summed E-state index contributed by atoms with van der Waals surface area (Å²) in [7, 11) is 2.10. The molecule has 0 aromatic rings. The zero-order chi connectivity index (χ0) is 12.8. The first kappa shape index (κ1) is 14.8. The Balaban J connectivity index is 2.30. The zero-order valence-corrected chi connectivity index (χ0v) is 12.0. The lowest BCUT2D eigenvalue weighted by Crippen LogP contribution is -2.47. The van der Waals surface area contributed by atoms with E-state index >= 15 is 0 Å². The lowest BCUT2D eigenvalue weighted by atomic mass is 10.1. The zero-order valence-electron chi connectivity index (χ0n) is 11.2. The van der Waals surface area contributed by atoms with Gasteiger partial charge in [0.2, 0.25) is 0 Å². The molecule has 1 aliphatic heterocycles. The normalized spacial score (nSPS) is 23.9. The Bertz CT molecular complexity index is 250. The first-order chi connectivity index (χ1) is 8.02. The van der Waals surface area contributed by atoms with E-state index in [1.54, 1.807) is 0 Å². The van der Waals surface area contributed by atoms with Crippen molar-refractivity contribution in [1.82, 2.24) is 9.80 Å². The number of morpholine rings is 1. The van der Waals surface area contributed by atoms with Gasteiger partial charge in [-0.25, -0.2) is 0 Å². The van der Waals surface area contributed by atoms with E-state index in [0.717, 1.165) is 39.3 Å². The van der Waals surface area contributed by atoms with Crippen LogP contribution < -0.4 is 5.73 Å². The Labute approximate surface area is 110 Å². The van der Waals surface area contributed by atoms with Crippen LogP contribution in [0.5, 0.6) is 0 Å². The minimum Gasteiger partial charge on any atom is -0.393 e. The van der Waals surface area contributed by atoms with Crippen LogP contribution in [0.1, 0.15) is 13.8 Å². The topological polar surface area (TPSA) is 41.7 Å². The summed E-state index contributed by atoms with van der Waals surface area (Å²) in [6.45, 7) is 10.1. The average Bonchev–Trinajstić information content (AvgIpc) is 2.28. The van der Waals surface area contributed by atoms with Crippen LogP contribution in [0.4, 0.5) is 0 Å². The third-order valence-electron chi connectivity index (χ3n) is 3.26. The van der Waals surface area contributed by atoms with Crippen LogP contribution in [0.2, 0.25) is 0 Å². The van der Waals surface area contributed by atoms with E-state index in [-0.39, 0.29) is 5.92 Å². The van der Waals surface area contributed by atoms with E-state index in [0.29, 0.717) is 11.1 Å². The van der Waals surface area contributed by atoms with Gasteiger partial charge < -0.3 is 15.4 Å². The van der Waals surface area contributed by atoms with Crippen LogP contribution in [0.25, 0.3) is 0 Å². The molecular formula is C12H25N3OS. The number of nitrogens with two attached hydrogens (primary N) is 1. The van der Waals surface area contributed by atoms with Gasteiger partial charge in [-0.05, 0) is 13.6 Å². The van der Waals surface area contributed by atoms with Gasteiger partial charge in [0.05, 0.1) is 17.7 Å². The predicted molar refractivity (Wildman–Crippen MR) is 75.3 cm³/mol. The Morgan fingerprint density at radius 2 is 2.35 bits per heavy atom. The van der Waals surface area contributed by atoms with Crippen molar-refractivity contribution in [3.8, 4) is 0 Å². The van der Waals surface area contributed by atoms with Gasteiger partial charge >= 0.3 is 0 Å². The molecule has 5 heteroatoms. The molecule has 2 unspecified atom stereocenters. The van der Waals surface area contributed by atoms with Crippen LogP contribution in [-0.4, -0.2) is 67.3 Å². The summed E-state index contributed by atoms with van der Waals surface area (Å²) in [6.07, 6.45) is 0.312. The second-order valence-corrected chi connectivity index (χ2v) is 5.38. The Kier molecular flexibility index (Phi) is 6.33. The highest BCUT2D eigenvalue weighted by molar-refractivity contribution is 7.80. The minimum absolute atomic E-state index is 0.265. The maximum absolute atomic E-state index is 5.78. The lowest BCUT2D eigenvalue weighted by molar-refractivity contribution is -0.0393. The van der Waals surface area contributed by atoms with Crippen molar-refractivity contribution in [2.45, 2.75) is 20.0 Å². The molecule has 17 heavy (non-hydrogen) atoms. The molecule has 1 heterocycles. The first-order valence-corrected chi connectivity index (χ1v) is 6.75. The Morgan fingerprint density at radius 1 is 1.65 bits per heavy atom. The summed E-state index contributed by atoms with van der Waals surface area (Å²) in [5.41, 5.74) is 5.63. The highest BCUT2D eigenvalue weighted by Gasteiger charge is 2.21. The largest absolute Gasteiger partial charge is 0.393 e. The number of hydrogen-bond donors (Lipinski definition) is 1. The third kappa shape index (κ3) is 5.29. The quantitative estimate of drug-likeness (QED) is 0.706. The second kappa shape index (κ2) is 7.26. The minimum atomic E-state index is 0.265. The molecule has 2 N–H and O–H groups in total. The van der Waals surface area contributed by atoms with Gasteiger partial charge in [-0.3, -0.25) is 4.90 Å². The molecule has 0 bridgehead atoms. The first-order valence-electron chi connectivity index (χ1n) is 6.34. The smallest absolute Gasteiger partial charge is 0.0829 e. The highest BCUT2D eigenvalue weighted by Crippen LogP contribution is 2.07. The fraction of sp³-hybridized carbons (Fsp3) is 0.917. The van der Waals surface area contributed by atoms with Gasteiger partial charge in [0, 0.05) is 32.1 Å². The Hall–Kier alpha value is -0.230. The van der Waals surface area contributed by atoms with Gasteiger partial charge in [-0.1, -0.05) is 26.1 Å². The molecule has 1 rings (SSSR count). The van der Waals surface area contributed by atoms with Crippen LogP contribution in [-0.2, 0) is 4.74 Å². The van der Waals surface area contributed by atoms with Crippen molar-refractivity contribution in [3.63, 3.8) is 0 Å². The van der Waals surface area contributed by atoms with Gasteiger partial charge in [-0.2, -0.15) is 0 Å². The van der Waals surface area contributed by atoms with E-state index in [4.69, 9.17) is 22.7 Å². The molecule has 4 nitrogen and oxygen atoms in total. The highest BCUT2D eigenvalue weighted by atomic mass is 32.1. The molecule has 0 aliphatic carbocycles. The third-order valence-corrected chi connectivity index (χ3v) is 3.66. The molecule has 1 fully saturated rings. The van der Waals surface area contributed by atoms with Gasteiger partial charge in [0.1, 0.15) is 0 Å². The fourth-order valence-electron chi connectivity index (χ4n) is 2.16. The molecule has 0 amide bonds. The van der Waals surface area contributed by atoms with Crippen LogP contribution in [0, 0.1) is 5.92 Å². The fourth-order valence-corrected chi connectivity index (χ4v) is 2.23. The molecule has 1 saturated heterocycles. The maximum Gasteiger partial charge on any atom is 0.0829 e. The molecule has 0 radical (unpaired) electrons. The number of ether oxygens (including phenoxy) is 1. The van der Waals surface area contributed by atoms with E-state index in [1.807, 2.05) is 0 Å². The number of thiocarbonyl (C=S) groups is 1. The molecule has 0 aromatic heterocycles. The molecule has 2 atom stereocenters. The molecular weight excluding hydrogens is 234 g/mol. The SMILES string of the molecule is CCN1CCOC(CN(C)CC(C)C(N)=S)C1. The van der Waals surface area contributed by atoms with Crippen molar-refractivity contribution < 1.29 is 4.74 Å². The number of likely N-dealkylation sites (N-methyl/N-ethyl adjacent to an activating group) is 2. The summed E-state index contributed by atoms with van der Waals surface area (Å²) in [6, 6.07) is 0. The summed E-state index contributed by atoms with van der Waals surface area (Å²) in [4.78, 5) is 5.28. The van der Waals surface area contributed by atoms with Gasteiger partial charge in [0.25, 0.3) is 0 Å². The van der Waals surface area contributed by atoms with Gasteiger partial charge in [0.15, 0.2) is 0 Å². The summed E-state index contributed by atoms with van der Waals surface area (Å²) < 4.78 is 5.78. The number of hydrogen-bond acceptors (Lipinski definition) is 4. The van der Waals surface area contributed by atoms with E-state index in [2.05, 4.69) is 30.7 Å². The summed E-state index contributed by atoms with van der Waals surface area (Å²) in [5.74, 6) is 0.265. The molecule has 0 saturated carbocycles. The predicted octanol–water partition coefficient (Wildman–Crippen LogP) is 0.561. The van der Waals surface area contributed by atoms with Crippen molar-refractivity contribution in [3.05, 3.63) is 0 Å². The molecule has 0 spiro atoms. The summed E-state index contributed by atoms with van der Waals surface area (Å²) >= 11 is 4.99. The van der Waals surface area contributed by atoms with Gasteiger partial charge in [-0.15, -0.1) is 0 Å². The monoisotopic (exact) mass is 259 g/mol. The van der Waals surface area contributed by atoms with Crippen LogP contribution in [0.15, 0.2) is 0 Å². The molecule has 1 aliphatic rings. The van der Waals surface area contributed by atoms with E-state index in [1.165, 1.54) is 0 Å². The lowest BCUT2D eigenvalue weighted by Gasteiger charge is -2.34. The maximum atomic E-state index is 5.78. The van der Waals surface area contributed by atoms with Crippen molar-refractivity contribution >= 4 is 17.2 Å². The number of rotatable bonds is 6. The molecule has 0 aromatic carbocycles. The van der Waals surface area contributed by atoms with Crippen LogP contribution >= 0.6 is 12.2 Å². The molecule has 100 valence electrons. The van der Waals surface area contributed by atoms with Crippen molar-refractivity contribution in [1.29, 1.82) is 0 Å². The van der Waals surface area contributed by atoms with E-state index in [9.17, 15) is 0 Å². The summed E-state index contributed by atoms with van der Waals surface area (Å²) in [5, 5.41) is 0. The average molecular weight is 259 g/mol. The second-order valence-electron chi connectivity index (χ2n) is 4.91. The van der Waals surface area contributed by atoms with E-state index < -0.39 is 0 Å². The van der Waals surface area contributed by atoms with Crippen molar-refractivity contribution in [2.24, 2.45) is 11.7 Å². The Morgan fingerprint density at radius 3 is 2.94 bits per heavy atom.